The van der Waals surface area contributed by atoms with Gasteiger partial charge in [-0.15, -0.1) is 0 Å². The predicted molar refractivity (Wildman–Crippen MR) is 74.4 cm³/mol. The number of hydrogen-bond donors (Lipinski definition) is 2. The van der Waals surface area contributed by atoms with Gasteiger partial charge >= 0.3 is 0 Å². The van der Waals surface area contributed by atoms with E-state index in [2.05, 4.69) is 17.6 Å². The standard InChI is InChI=1S/C15H28N2O/c1-12-5-7-13(8-6-12)9-11-17-15(18)14-4-2-3-10-16-14/h12-14,16H,2-11H2,1H3,(H,17,18). The molecule has 1 aliphatic heterocycles. The van der Waals surface area contributed by atoms with Crippen molar-refractivity contribution in [3.8, 4) is 0 Å². The highest BCUT2D eigenvalue weighted by Crippen LogP contribution is 2.29. The van der Waals surface area contributed by atoms with Gasteiger partial charge in [0.05, 0.1) is 6.04 Å². The molecule has 0 radical (unpaired) electrons. The molecule has 3 nitrogen and oxygen atoms in total. The number of piperidine rings is 1. The van der Waals surface area contributed by atoms with Gasteiger partial charge in [0, 0.05) is 6.54 Å². The lowest BCUT2D eigenvalue weighted by Gasteiger charge is -2.27. The molecule has 1 saturated carbocycles. The zero-order valence-corrected chi connectivity index (χ0v) is 11.7. The van der Waals surface area contributed by atoms with E-state index in [1.54, 1.807) is 0 Å². The van der Waals surface area contributed by atoms with Crippen molar-refractivity contribution in [2.24, 2.45) is 11.8 Å². The molecule has 1 unspecified atom stereocenters. The number of amides is 1. The minimum Gasteiger partial charge on any atom is -0.355 e. The summed E-state index contributed by atoms with van der Waals surface area (Å²) in [5.41, 5.74) is 0. The molecule has 2 N–H and O–H groups in total. The van der Waals surface area contributed by atoms with Gasteiger partial charge in [-0.05, 0) is 37.6 Å². The summed E-state index contributed by atoms with van der Waals surface area (Å²) >= 11 is 0. The zero-order valence-electron chi connectivity index (χ0n) is 11.7. The minimum atomic E-state index is 0.0742. The van der Waals surface area contributed by atoms with Crippen LogP contribution in [0, 0.1) is 11.8 Å². The number of rotatable bonds is 4. The molecule has 1 heterocycles. The van der Waals surface area contributed by atoms with E-state index < -0.39 is 0 Å². The van der Waals surface area contributed by atoms with E-state index in [1.807, 2.05) is 0 Å². The number of hydrogen-bond acceptors (Lipinski definition) is 2. The molecule has 0 aromatic heterocycles. The molecule has 1 aliphatic carbocycles. The van der Waals surface area contributed by atoms with Gasteiger partial charge in [-0.2, -0.15) is 0 Å². The summed E-state index contributed by atoms with van der Waals surface area (Å²) in [6, 6.07) is 0.0742. The molecule has 1 amide bonds. The molecule has 0 spiro atoms. The summed E-state index contributed by atoms with van der Waals surface area (Å²) in [5, 5.41) is 6.41. The molecule has 0 aromatic rings. The molecular formula is C15H28N2O. The molecule has 0 aromatic carbocycles. The largest absolute Gasteiger partial charge is 0.355 e. The molecule has 2 aliphatic rings. The van der Waals surface area contributed by atoms with Crippen LogP contribution in [0.1, 0.15) is 58.3 Å². The topological polar surface area (TPSA) is 41.1 Å². The average molecular weight is 252 g/mol. The summed E-state index contributed by atoms with van der Waals surface area (Å²) in [7, 11) is 0. The van der Waals surface area contributed by atoms with E-state index in [4.69, 9.17) is 0 Å². The van der Waals surface area contributed by atoms with Gasteiger partial charge in [-0.25, -0.2) is 0 Å². The van der Waals surface area contributed by atoms with Crippen molar-refractivity contribution in [2.45, 2.75) is 64.3 Å². The van der Waals surface area contributed by atoms with Crippen molar-refractivity contribution < 1.29 is 4.79 Å². The maximum absolute atomic E-state index is 11.9. The van der Waals surface area contributed by atoms with Gasteiger partial charge in [0.15, 0.2) is 0 Å². The van der Waals surface area contributed by atoms with Crippen LogP contribution in [0.3, 0.4) is 0 Å². The van der Waals surface area contributed by atoms with Crippen molar-refractivity contribution in [1.29, 1.82) is 0 Å². The van der Waals surface area contributed by atoms with E-state index >= 15 is 0 Å². The molecule has 104 valence electrons. The van der Waals surface area contributed by atoms with Gasteiger partial charge in [0.25, 0.3) is 0 Å². The highest BCUT2D eigenvalue weighted by Gasteiger charge is 2.21. The Morgan fingerprint density at radius 2 is 1.94 bits per heavy atom. The maximum Gasteiger partial charge on any atom is 0.237 e. The summed E-state index contributed by atoms with van der Waals surface area (Å²) in [5.74, 6) is 1.99. The first-order chi connectivity index (χ1) is 8.75. The van der Waals surface area contributed by atoms with E-state index in [0.29, 0.717) is 0 Å². The Balaban J connectivity index is 1.58. The third-order valence-electron chi connectivity index (χ3n) is 4.61. The molecule has 3 heteroatoms. The maximum atomic E-state index is 11.9. The van der Waals surface area contributed by atoms with Crippen LogP contribution in [-0.4, -0.2) is 25.0 Å². The minimum absolute atomic E-state index is 0.0742. The summed E-state index contributed by atoms with van der Waals surface area (Å²) in [6.45, 7) is 4.22. The fourth-order valence-electron chi connectivity index (χ4n) is 3.22. The first-order valence-electron chi connectivity index (χ1n) is 7.77. The molecule has 2 fully saturated rings. The van der Waals surface area contributed by atoms with Crippen molar-refractivity contribution >= 4 is 5.91 Å². The number of nitrogens with one attached hydrogen (secondary N) is 2. The van der Waals surface area contributed by atoms with E-state index in [-0.39, 0.29) is 11.9 Å². The Morgan fingerprint density at radius 3 is 2.61 bits per heavy atom. The quantitative estimate of drug-likeness (QED) is 0.807. The van der Waals surface area contributed by atoms with Crippen molar-refractivity contribution in [2.75, 3.05) is 13.1 Å². The number of carbonyl (C=O) groups excluding carboxylic acids is 1. The smallest absolute Gasteiger partial charge is 0.237 e. The van der Waals surface area contributed by atoms with Crippen LogP contribution in [-0.2, 0) is 4.79 Å². The lowest BCUT2D eigenvalue weighted by molar-refractivity contribution is -0.123. The van der Waals surface area contributed by atoms with E-state index in [0.717, 1.165) is 31.3 Å². The SMILES string of the molecule is CC1CCC(CCNC(=O)C2CCCCN2)CC1. The van der Waals surface area contributed by atoms with Crippen LogP contribution in [0.5, 0.6) is 0 Å². The zero-order chi connectivity index (χ0) is 12.8. The van der Waals surface area contributed by atoms with Gasteiger partial charge in [-0.3, -0.25) is 4.79 Å². The predicted octanol–water partition coefficient (Wildman–Crippen LogP) is 2.46. The van der Waals surface area contributed by atoms with Gasteiger partial charge < -0.3 is 10.6 Å². The monoisotopic (exact) mass is 252 g/mol. The van der Waals surface area contributed by atoms with Crippen LogP contribution >= 0.6 is 0 Å². The average Bonchev–Trinajstić information content (AvgIpc) is 2.42. The lowest BCUT2D eigenvalue weighted by Crippen LogP contribution is -2.47. The summed E-state index contributed by atoms with van der Waals surface area (Å²) in [4.78, 5) is 11.9. The van der Waals surface area contributed by atoms with Crippen LogP contribution in [0.2, 0.25) is 0 Å². The third-order valence-corrected chi connectivity index (χ3v) is 4.61. The first kappa shape index (κ1) is 13.9. The molecule has 1 saturated heterocycles. The van der Waals surface area contributed by atoms with E-state index in [1.165, 1.54) is 44.9 Å². The highest BCUT2D eigenvalue weighted by atomic mass is 16.2. The van der Waals surface area contributed by atoms with Crippen LogP contribution in [0.25, 0.3) is 0 Å². The Hall–Kier alpha value is -0.570. The van der Waals surface area contributed by atoms with E-state index in [9.17, 15) is 4.79 Å². The molecule has 0 bridgehead atoms. The fourth-order valence-corrected chi connectivity index (χ4v) is 3.22. The van der Waals surface area contributed by atoms with Gasteiger partial charge in [-0.1, -0.05) is 39.0 Å². The Kier molecular flexibility index (Phi) is 5.48. The Bertz CT molecular complexity index is 253. The van der Waals surface area contributed by atoms with Gasteiger partial charge in [0.1, 0.15) is 0 Å². The Morgan fingerprint density at radius 1 is 1.17 bits per heavy atom. The molecule has 2 rings (SSSR count). The highest BCUT2D eigenvalue weighted by molar-refractivity contribution is 5.81. The van der Waals surface area contributed by atoms with Crippen molar-refractivity contribution in [1.82, 2.24) is 10.6 Å². The Labute approximate surface area is 111 Å². The van der Waals surface area contributed by atoms with Crippen molar-refractivity contribution in [3.63, 3.8) is 0 Å². The molecule has 18 heavy (non-hydrogen) atoms. The van der Waals surface area contributed by atoms with Crippen molar-refractivity contribution in [3.05, 3.63) is 0 Å². The summed E-state index contributed by atoms with van der Waals surface area (Å²) < 4.78 is 0. The molecular weight excluding hydrogens is 224 g/mol. The number of carbonyl (C=O) groups is 1. The lowest BCUT2D eigenvalue weighted by atomic mass is 9.81. The molecule has 1 atom stereocenters. The second-order valence-electron chi connectivity index (χ2n) is 6.21. The third kappa shape index (κ3) is 4.27. The second-order valence-corrected chi connectivity index (χ2v) is 6.21. The van der Waals surface area contributed by atoms with Crippen LogP contribution in [0.15, 0.2) is 0 Å². The first-order valence-corrected chi connectivity index (χ1v) is 7.77. The second kappa shape index (κ2) is 7.13. The van der Waals surface area contributed by atoms with Gasteiger partial charge in [0.2, 0.25) is 5.91 Å². The fraction of sp³-hybridized carbons (Fsp3) is 0.933. The summed E-state index contributed by atoms with van der Waals surface area (Å²) in [6.07, 6.45) is 10.1. The normalized spacial score (nSPS) is 33.1. The van der Waals surface area contributed by atoms with Crippen LogP contribution < -0.4 is 10.6 Å². The van der Waals surface area contributed by atoms with Crippen LogP contribution in [0.4, 0.5) is 0 Å².